The van der Waals surface area contributed by atoms with Crippen molar-refractivity contribution in [2.24, 2.45) is 12.5 Å². The molecular formula is C30H31N2+. The highest BCUT2D eigenvalue weighted by Crippen LogP contribution is 2.45. The molecule has 0 radical (unpaired) electrons. The number of hydrogen-bond donors (Lipinski definition) is 0. The van der Waals surface area contributed by atoms with Gasteiger partial charge in [-0.2, -0.15) is 4.57 Å². The van der Waals surface area contributed by atoms with Gasteiger partial charge in [-0.25, -0.2) is 4.85 Å². The maximum absolute atomic E-state index is 7.80. The molecule has 2 heteroatoms. The van der Waals surface area contributed by atoms with Crippen molar-refractivity contribution >= 4 is 27.4 Å². The van der Waals surface area contributed by atoms with E-state index in [-0.39, 0.29) is 0 Å². The predicted octanol–water partition coefficient (Wildman–Crippen LogP) is 8.03. The lowest BCUT2D eigenvalue weighted by Gasteiger charge is -2.34. The first kappa shape index (κ1) is 20.7. The van der Waals surface area contributed by atoms with Crippen LogP contribution in [0.5, 0.6) is 0 Å². The molecule has 0 saturated heterocycles. The van der Waals surface area contributed by atoms with Gasteiger partial charge in [-0.05, 0) is 78.0 Å². The van der Waals surface area contributed by atoms with Gasteiger partial charge in [-0.3, -0.25) is 0 Å². The highest BCUT2D eigenvalue weighted by molar-refractivity contribution is 6.00. The molecule has 0 amide bonds. The van der Waals surface area contributed by atoms with Crippen molar-refractivity contribution in [1.82, 2.24) is 0 Å². The van der Waals surface area contributed by atoms with E-state index in [4.69, 9.17) is 6.57 Å². The molecule has 1 aliphatic carbocycles. The number of rotatable bonds is 2. The summed E-state index contributed by atoms with van der Waals surface area (Å²) in [5, 5.41) is 3.58. The van der Waals surface area contributed by atoms with E-state index in [1.54, 1.807) is 0 Å². The molecule has 2 nitrogen and oxygen atoms in total. The van der Waals surface area contributed by atoms with Crippen LogP contribution >= 0.6 is 0 Å². The van der Waals surface area contributed by atoms with Crippen molar-refractivity contribution in [3.8, 4) is 11.3 Å². The summed E-state index contributed by atoms with van der Waals surface area (Å²) in [6.07, 6.45) is 5.04. The minimum Gasteiger partial charge on any atom is -0.237 e. The molecule has 1 fully saturated rings. The van der Waals surface area contributed by atoms with Crippen molar-refractivity contribution in [2.45, 2.75) is 52.4 Å². The Morgan fingerprint density at radius 3 is 2.22 bits per heavy atom. The van der Waals surface area contributed by atoms with Crippen LogP contribution in [0.1, 0.15) is 56.6 Å². The molecule has 160 valence electrons. The molecule has 4 aromatic rings. The van der Waals surface area contributed by atoms with Gasteiger partial charge in [-0.1, -0.05) is 50.2 Å². The number of benzene rings is 3. The van der Waals surface area contributed by atoms with E-state index in [2.05, 4.69) is 91.8 Å². The summed E-state index contributed by atoms with van der Waals surface area (Å²) in [5.41, 5.74) is 7.54. The van der Waals surface area contributed by atoms with Crippen LogP contribution < -0.4 is 4.57 Å². The number of aromatic nitrogens is 1. The summed E-state index contributed by atoms with van der Waals surface area (Å²) in [4.78, 5) is 3.89. The molecule has 1 aromatic heterocycles. The average Bonchev–Trinajstić information content (AvgIpc) is 2.81. The maximum Gasteiger partial charge on any atom is 0.213 e. The van der Waals surface area contributed by atoms with Crippen LogP contribution in [0.3, 0.4) is 0 Å². The largest absolute Gasteiger partial charge is 0.237 e. The number of nitrogens with zero attached hydrogens (tertiary/aromatic N) is 2. The highest BCUT2D eigenvalue weighted by atomic mass is 14.9. The van der Waals surface area contributed by atoms with Gasteiger partial charge < -0.3 is 0 Å². The van der Waals surface area contributed by atoms with Crippen LogP contribution in [0.4, 0.5) is 5.69 Å². The number of para-hydroxylation sites is 1. The number of pyridine rings is 1. The van der Waals surface area contributed by atoms with Crippen LogP contribution in [0.2, 0.25) is 0 Å². The second kappa shape index (κ2) is 7.75. The summed E-state index contributed by atoms with van der Waals surface area (Å²) in [6.45, 7) is 14.8. The minimum absolute atomic E-state index is 0.452. The van der Waals surface area contributed by atoms with Crippen molar-refractivity contribution < 1.29 is 4.57 Å². The summed E-state index contributed by atoms with van der Waals surface area (Å²) in [6, 6.07) is 21.7. The van der Waals surface area contributed by atoms with E-state index >= 15 is 0 Å². The molecule has 3 aromatic carbocycles. The zero-order chi connectivity index (χ0) is 22.5. The SMILES string of the molecule is [C-]#[N+]c1cc(-c2cc(C3CCC(C)(C)CC3)c3ccccc3[n+]2C)c(C)c2ccccc12. The normalized spacial score (nSPS) is 16.3. The number of aryl methyl sites for hydroxylation is 2. The lowest BCUT2D eigenvalue weighted by atomic mass is 9.71. The van der Waals surface area contributed by atoms with Gasteiger partial charge in [0, 0.05) is 23.1 Å². The predicted molar refractivity (Wildman–Crippen MR) is 134 cm³/mol. The van der Waals surface area contributed by atoms with E-state index < -0.39 is 0 Å². The molecule has 1 saturated carbocycles. The summed E-state index contributed by atoms with van der Waals surface area (Å²) >= 11 is 0. The quantitative estimate of drug-likeness (QED) is 0.230. The van der Waals surface area contributed by atoms with Gasteiger partial charge in [0.2, 0.25) is 11.2 Å². The van der Waals surface area contributed by atoms with Crippen molar-refractivity contribution in [1.29, 1.82) is 0 Å². The van der Waals surface area contributed by atoms with E-state index in [1.165, 1.54) is 64.4 Å². The van der Waals surface area contributed by atoms with Gasteiger partial charge in [0.05, 0.1) is 6.57 Å². The second-order valence-electron chi connectivity index (χ2n) is 10.2. The molecule has 5 rings (SSSR count). The van der Waals surface area contributed by atoms with Gasteiger partial charge in [0.1, 0.15) is 7.05 Å². The molecular weight excluding hydrogens is 388 g/mol. The van der Waals surface area contributed by atoms with Crippen molar-refractivity contribution in [3.63, 3.8) is 0 Å². The summed E-state index contributed by atoms with van der Waals surface area (Å²) in [5.74, 6) is 0.592. The molecule has 0 unspecified atom stereocenters. The average molecular weight is 420 g/mol. The van der Waals surface area contributed by atoms with Crippen LogP contribution in [0.15, 0.2) is 60.7 Å². The van der Waals surface area contributed by atoms with E-state index in [0.717, 1.165) is 11.1 Å². The van der Waals surface area contributed by atoms with Crippen LogP contribution in [-0.2, 0) is 7.05 Å². The van der Waals surface area contributed by atoms with Gasteiger partial charge in [0.25, 0.3) is 0 Å². The lowest BCUT2D eigenvalue weighted by Crippen LogP contribution is -2.33. The van der Waals surface area contributed by atoms with Gasteiger partial charge in [-0.15, -0.1) is 0 Å². The Bertz CT molecular complexity index is 1380. The first-order valence-electron chi connectivity index (χ1n) is 11.7. The Morgan fingerprint density at radius 2 is 1.53 bits per heavy atom. The lowest BCUT2D eigenvalue weighted by molar-refractivity contribution is -0.633. The van der Waals surface area contributed by atoms with E-state index in [0.29, 0.717) is 11.3 Å². The zero-order valence-electron chi connectivity index (χ0n) is 19.6. The number of hydrogen-bond acceptors (Lipinski definition) is 0. The van der Waals surface area contributed by atoms with Crippen LogP contribution in [0.25, 0.3) is 37.8 Å². The molecule has 32 heavy (non-hydrogen) atoms. The Hall–Kier alpha value is -3.18. The first-order valence-corrected chi connectivity index (χ1v) is 11.7. The molecule has 0 spiro atoms. The van der Waals surface area contributed by atoms with Crippen molar-refractivity contribution in [3.05, 3.63) is 83.2 Å². The Labute approximate surface area is 191 Å². The standard InChI is InChI=1S/C30H31N2/c1-20-22-10-6-7-11-23(22)27(31-4)18-25(20)29-19-26(21-14-16-30(2,3)17-15-21)24-12-8-9-13-28(24)32(29)5/h6-13,18-19,21H,14-17H2,1-3,5H3/q+1. The zero-order valence-corrected chi connectivity index (χ0v) is 19.6. The molecule has 0 aliphatic heterocycles. The summed E-state index contributed by atoms with van der Waals surface area (Å²) < 4.78 is 2.32. The first-order chi connectivity index (χ1) is 15.4. The molecule has 0 N–H and O–H groups in total. The van der Waals surface area contributed by atoms with Crippen molar-refractivity contribution in [2.75, 3.05) is 0 Å². The van der Waals surface area contributed by atoms with Gasteiger partial charge in [0.15, 0.2) is 5.69 Å². The minimum atomic E-state index is 0.452. The van der Waals surface area contributed by atoms with Gasteiger partial charge >= 0.3 is 0 Å². The Morgan fingerprint density at radius 1 is 0.906 bits per heavy atom. The fraction of sp³-hybridized carbons (Fsp3) is 0.333. The molecule has 0 bridgehead atoms. The fourth-order valence-electron chi connectivity index (χ4n) is 5.63. The summed E-state index contributed by atoms with van der Waals surface area (Å²) in [7, 11) is 2.16. The Balaban J connectivity index is 1.77. The third-order valence-electron chi connectivity index (χ3n) is 7.70. The van der Waals surface area contributed by atoms with E-state index in [9.17, 15) is 0 Å². The van der Waals surface area contributed by atoms with Crippen LogP contribution in [-0.4, -0.2) is 0 Å². The second-order valence-corrected chi connectivity index (χ2v) is 10.2. The fourth-order valence-corrected chi connectivity index (χ4v) is 5.63. The molecule has 1 heterocycles. The maximum atomic E-state index is 7.80. The third kappa shape index (κ3) is 3.37. The topological polar surface area (TPSA) is 8.24 Å². The Kier molecular flexibility index (Phi) is 5.01. The monoisotopic (exact) mass is 419 g/mol. The smallest absolute Gasteiger partial charge is 0.213 e. The molecule has 1 aliphatic rings. The number of fused-ring (bicyclic) bond motifs is 2. The highest BCUT2D eigenvalue weighted by Gasteiger charge is 2.31. The molecule has 0 atom stereocenters. The van der Waals surface area contributed by atoms with Crippen LogP contribution in [0, 0.1) is 18.9 Å². The third-order valence-corrected chi connectivity index (χ3v) is 7.70. The van der Waals surface area contributed by atoms with E-state index in [1.807, 2.05) is 6.07 Å².